The molecule has 2 N–H and O–H groups in total. The van der Waals surface area contributed by atoms with Crippen molar-refractivity contribution in [3.63, 3.8) is 0 Å². The lowest BCUT2D eigenvalue weighted by atomic mass is 9.78. The van der Waals surface area contributed by atoms with Crippen molar-refractivity contribution in [1.29, 1.82) is 0 Å². The Bertz CT molecular complexity index is 553. The van der Waals surface area contributed by atoms with Gasteiger partial charge in [-0.3, -0.25) is 19.4 Å². The highest BCUT2D eigenvalue weighted by Crippen LogP contribution is 2.48. The minimum atomic E-state index is -1.33. The van der Waals surface area contributed by atoms with Crippen LogP contribution in [0.25, 0.3) is 0 Å². The van der Waals surface area contributed by atoms with Gasteiger partial charge in [-0.1, -0.05) is 0 Å². The molecule has 1 unspecified atom stereocenters. The van der Waals surface area contributed by atoms with Crippen molar-refractivity contribution in [1.82, 2.24) is 9.80 Å². The van der Waals surface area contributed by atoms with Gasteiger partial charge in [-0.25, -0.2) is 9.59 Å². The zero-order valence-electron chi connectivity index (χ0n) is 9.65. The van der Waals surface area contributed by atoms with Crippen LogP contribution in [-0.4, -0.2) is 62.9 Å². The van der Waals surface area contributed by atoms with Crippen LogP contribution in [0, 0.1) is 5.92 Å². The second-order valence-corrected chi connectivity index (χ2v) is 4.74. The number of rotatable bonds is 2. The summed E-state index contributed by atoms with van der Waals surface area (Å²) in [6.45, 7) is 0.130. The summed E-state index contributed by atoms with van der Waals surface area (Å²) in [4.78, 5) is 47.3. The third-order valence-corrected chi connectivity index (χ3v) is 4.03. The summed E-state index contributed by atoms with van der Waals surface area (Å²) < 4.78 is 0. The Hall–Kier alpha value is -2.38. The molecule has 0 aromatic rings. The largest absolute Gasteiger partial charge is 0.477 e. The van der Waals surface area contributed by atoms with Crippen molar-refractivity contribution in [2.24, 2.45) is 5.92 Å². The van der Waals surface area contributed by atoms with Gasteiger partial charge in [0.25, 0.3) is 5.91 Å². The maximum absolute atomic E-state index is 12.0. The summed E-state index contributed by atoms with van der Waals surface area (Å²) in [5, 5.41) is 18.1. The third kappa shape index (κ3) is 1.23. The van der Waals surface area contributed by atoms with E-state index in [1.165, 1.54) is 0 Å². The van der Waals surface area contributed by atoms with Crippen LogP contribution in [0.4, 0.5) is 4.79 Å². The van der Waals surface area contributed by atoms with Gasteiger partial charge in [-0.2, -0.15) is 0 Å². The Morgan fingerprint density at radius 1 is 1.32 bits per heavy atom. The molecule has 0 aliphatic carbocycles. The van der Waals surface area contributed by atoms with Crippen molar-refractivity contribution >= 4 is 24.3 Å². The maximum Gasteiger partial charge on any atom is 0.408 e. The van der Waals surface area contributed by atoms with Crippen molar-refractivity contribution < 1.29 is 29.4 Å². The zero-order valence-corrected chi connectivity index (χ0v) is 9.65. The molecule has 2 amide bonds. The SMILES string of the molecule is O=CC1=C(C(=O)O)N2C(=O)[C@@H]3[C@H]2C1CCN3C(=O)O. The van der Waals surface area contributed by atoms with Gasteiger partial charge in [0.1, 0.15) is 18.0 Å². The van der Waals surface area contributed by atoms with Gasteiger partial charge in [0.05, 0.1) is 6.04 Å². The summed E-state index contributed by atoms with van der Waals surface area (Å²) in [7, 11) is 0. The summed E-state index contributed by atoms with van der Waals surface area (Å²) >= 11 is 0. The first kappa shape index (κ1) is 11.7. The van der Waals surface area contributed by atoms with Crippen LogP contribution in [0.15, 0.2) is 11.3 Å². The number of carboxylic acid groups (broad SMARTS) is 2. The average Bonchev–Trinajstić information content (AvgIpc) is 2.69. The smallest absolute Gasteiger partial charge is 0.408 e. The summed E-state index contributed by atoms with van der Waals surface area (Å²) in [5.41, 5.74) is -0.197. The Balaban J connectivity index is 2.04. The van der Waals surface area contributed by atoms with E-state index in [2.05, 4.69) is 0 Å². The highest BCUT2D eigenvalue weighted by atomic mass is 16.4. The lowest BCUT2D eigenvalue weighted by molar-refractivity contribution is -0.161. The maximum atomic E-state index is 12.0. The van der Waals surface area contributed by atoms with Crippen molar-refractivity contribution in [3.05, 3.63) is 11.3 Å². The first-order chi connectivity index (χ1) is 8.99. The number of nitrogens with zero attached hydrogens (tertiary/aromatic N) is 2. The van der Waals surface area contributed by atoms with Gasteiger partial charge in [0, 0.05) is 18.0 Å². The number of amides is 2. The standard InChI is InChI=1S/C11H10N2O6/c14-3-5-4-1-2-12(11(18)19)8-6(4)13(9(8)15)7(5)10(16)17/h3-4,6,8H,1-2H2,(H,16,17)(H,18,19)/t4?,6-,8+/m1/s1. The number of carboxylic acids is 1. The normalized spacial score (nSPS) is 32.0. The number of hydrogen-bond donors (Lipinski definition) is 2. The molecule has 8 nitrogen and oxygen atoms in total. The van der Waals surface area contributed by atoms with Crippen LogP contribution in [0.5, 0.6) is 0 Å². The first-order valence-electron chi connectivity index (χ1n) is 5.74. The fourth-order valence-corrected chi connectivity index (χ4v) is 3.30. The second-order valence-electron chi connectivity index (χ2n) is 4.74. The average molecular weight is 266 g/mol. The number of carbonyl (C=O) groups is 4. The summed E-state index contributed by atoms with van der Waals surface area (Å²) in [6, 6.07) is -1.40. The molecule has 0 bridgehead atoms. The fourth-order valence-electron chi connectivity index (χ4n) is 3.30. The van der Waals surface area contributed by atoms with Crippen molar-refractivity contribution in [2.45, 2.75) is 18.5 Å². The van der Waals surface area contributed by atoms with Crippen LogP contribution in [0.3, 0.4) is 0 Å². The topological polar surface area (TPSA) is 115 Å². The third-order valence-electron chi connectivity index (χ3n) is 4.03. The Morgan fingerprint density at radius 3 is 2.53 bits per heavy atom. The zero-order chi connectivity index (χ0) is 13.9. The van der Waals surface area contributed by atoms with E-state index in [9.17, 15) is 19.2 Å². The first-order valence-corrected chi connectivity index (χ1v) is 5.74. The van der Waals surface area contributed by atoms with Crippen molar-refractivity contribution in [2.75, 3.05) is 6.54 Å². The predicted molar refractivity (Wildman–Crippen MR) is 58.0 cm³/mol. The van der Waals surface area contributed by atoms with Gasteiger partial charge in [-0.15, -0.1) is 0 Å². The van der Waals surface area contributed by atoms with Crippen molar-refractivity contribution in [3.8, 4) is 0 Å². The molecule has 0 radical (unpaired) electrons. The lowest BCUT2D eigenvalue weighted by Gasteiger charge is -2.52. The number of likely N-dealkylation sites (tertiary alicyclic amines) is 1. The predicted octanol–water partition coefficient (Wildman–Crippen LogP) is -0.883. The van der Waals surface area contributed by atoms with Gasteiger partial charge in [0.2, 0.25) is 0 Å². The van der Waals surface area contributed by atoms with E-state index in [0.29, 0.717) is 12.7 Å². The molecular weight excluding hydrogens is 256 g/mol. The van der Waals surface area contributed by atoms with E-state index in [-0.39, 0.29) is 23.7 Å². The number of aldehydes is 1. The number of carbonyl (C=O) groups excluding carboxylic acids is 2. The van der Waals surface area contributed by atoms with E-state index >= 15 is 0 Å². The molecule has 19 heavy (non-hydrogen) atoms. The minimum absolute atomic E-state index is 0.0957. The van der Waals surface area contributed by atoms with Gasteiger partial charge in [-0.05, 0) is 6.42 Å². The quantitative estimate of drug-likeness (QED) is 0.495. The molecule has 0 saturated carbocycles. The molecule has 0 aromatic carbocycles. The highest BCUT2D eigenvalue weighted by Gasteiger charge is 2.64. The number of piperidine rings is 1. The lowest BCUT2D eigenvalue weighted by Crippen LogP contribution is -2.73. The molecule has 8 heteroatoms. The van der Waals surface area contributed by atoms with Crippen LogP contribution in [-0.2, 0) is 14.4 Å². The molecule has 2 fully saturated rings. The van der Waals surface area contributed by atoms with Gasteiger partial charge >= 0.3 is 12.1 Å². The van der Waals surface area contributed by atoms with E-state index < -0.39 is 30.1 Å². The fraction of sp³-hybridized carbons (Fsp3) is 0.455. The van der Waals surface area contributed by atoms with Crippen LogP contribution in [0.2, 0.25) is 0 Å². The molecular formula is C11H10N2O6. The van der Waals surface area contributed by atoms with Gasteiger partial charge in [0.15, 0.2) is 0 Å². The molecule has 100 valence electrons. The van der Waals surface area contributed by atoms with Crippen LogP contribution < -0.4 is 0 Å². The Morgan fingerprint density at radius 2 is 2.00 bits per heavy atom. The summed E-state index contributed by atoms with van der Waals surface area (Å²) in [6.07, 6.45) is -0.386. The van der Waals surface area contributed by atoms with E-state index in [4.69, 9.17) is 10.2 Å². The monoisotopic (exact) mass is 266 g/mol. The molecule has 3 rings (SSSR count). The van der Waals surface area contributed by atoms with Gasteiger partial charge < -0.3 is 10.2 Å². The number of aliphatic carboxylic acids is 1. The molecule has 3 aliphatic rings. The molecule has 0 aromatic heterocycles. The summed E-state index contributed by atoms with van der Waals surface area (Å²) in [5.74, 6) is -2.27. The second kappa shape index (κ2) is 3.56. The highest BCUT2D eigenvalue weighted by molar-refractivity contribution is 6.06. The van der Waals surface area contributed by atoms with Crippen LogP contribution >= 0.6 is 0 Å². The molecule has 0 spiro atoms. The van der Waals surface area contributed by atoms with Crippen LogP contribution in [0.1, 0.15) is 6.42 Å². The number of β-lactam (4-membered cyclic amide) rings is 1. The molecule has 3 heterocycles. The van der Waals surface area contributed by atoms with E-state index in [0.717, 1.165) is 9.80 Å². The minimum Gasteiger partial charge on any atom is -0.477 e. The Labute approximate surface area is 106 Å². The molecule has 2 saturated heterocycles. The van der Waals surface area contributed by atoms with E-state index in [1.807, 2.05) is 0 Å². The molecule has 3 aliphatic heterocycles. The molecule has 3 atom stereocenters. The number of hydrogen-bond acceptors (Lipinski definition) is 4. The Kier molecular flexibility index (Phi) is 2.19. The van der Waals surface area contributed by atoms with E-state index in [1.54, 1.807) is 0 Å².